The van der Waals surface area contributed by atoms with E-state index in [2.05, 4.69) is 9.97 Å². The summed E-state index contributed by atoms with van der Waals surface area (Å²) in [6, 6.07) is 0. The molecular weight excluding hydrogens is 208 g/mol. The lowest BCUT2D eigenvalue weighted by Gasteiger charge is -2.11. The van der Waals surface area contributed by atoms with Gasteiger partial charge in [0.25, 0.3) is 0 Å². The van der Waals surface area contributed by atoms with Crippen molar-refractivity contribution in [2.45, 2.75) is 32.8 Å². The Morgan fingerprint density at radius 1 is 1.38 bits per heavy atom. The van der Waals surface area contributed by atoms with Crippen molar-refractivity contribution in [1.29, 1.82) is 0 Å². The molecule has 0 fully saturated rings. The van der Waals surface area contributed by atoms with Gasteiger partial charge in [-0.15, -0.1) is 0 Å². The Bertz CT molecular complexity index is 329. The van der Waals surface area contributed by atoms with Crippen molar-refractivity contribution in [3.63, 3.8) is 0 Å². The molecule has 5 nitrogen and oxygen atoms in total. The molecule has 0 saturated heterocycles. The van der Waals surface area contributed by atoms with Gasteiger partial charge in [-0.25, -0.2) is 9.97 Å². The Morgan fingerprint density at radius 3 is 2.69 bits per heavy atom. The Morgan fingerprint density at radius 2 is 2.12 bits per heavy atom. The number of hydrogen-bond acceptors (Lipinski definition) is 5. The van der Waals surface area contributed by atoms with Crippen molar-refractivity contribution in [2.24, 2.45) is 0 Å². The summed E-state index contributed by atoms with van der Waals surface area (Å²) in [4.78, 5) is 8.38. The van der Waals surface area contributed by atoms with Gasteiger partial charge >= 0.3 is 0 Å². The minimum atomic E-state index is -0.170. The zero-order valence-electron chi connectivity index (χ0n) is 9.68. The number of nitrogens with zero attached hydrogens (tertiary/aromatic N) is 2. The molecule has 0 bridgehead atoms. The van der Waals surface area contributed by atoms with Crippen LogP contribution in [0.15, 0.2) is 6.20 Å². The summed E-state index contributed by atoms with van der Waals surface area (Å²) in [5, 5.41) is 17.8. The molecular formula is C11H18N2O3. The molecule has 0 aliphatic heterocycles. The van der Waals surface area contributed by atoms with Crippen LogP contribution in [0.3, 0.4) is 0 Å². The molecule has 0 aromatic carbocycles. The largest absolute Gasteiger partial charge is 0.490 e. The first-order chi connectivity index (χ1) is 7.69. The SMILES string of the molecule is CC(C)c1ncc(OCCCO)c(CO)n1. The van der Waals surface area contributed by atoms with Crippen molar-refractivity contribution < 1.29 is 14.9 Å². The number of aromatic nitrogens is 2. The van der Waals surface area contributed by atoms with Crippen LogP contribution in [0.1, 0.15) is 37.7 Å². The van der Waals surface area contributed by atoms with E-state index in [-0.39, 0.29) is 19.1 Å². The molecule has 0 radical (unpaired) electrons. The first kappa shape index (κ1) is 12.9. The fourth-order valence-corrected chi connectivity index (χ4v) is 1.18. The van der Waals surface area contributed by atoms with Gasteiger partial charge in [-0.1, -0.05) is 13.8 Å². The van der Waals surface area contributed by atoms with Crippen LogP contribution in [0.2, 0.25) is 0 Å². The smallest absolute Gasteiger partial charge is 0.161 e. The van der Waals surface area contributed by atoms with E-state index in [1.807, 2.05) is 13.8 Å². The van der Waals surface area contributed by atoms with Crippen LogP contribution in [-0.2, 0) is 6.61 Å². The van der Waals surface area contributed by atoms with Gasteiger partial charge in [0.1, 0.15) is 11.5 Å². The lowest BCUT2D eigenvalue weighted by molar-refractivity contribution is 0.223. The minimum absolute atomic E-state index is 0.0827. The molecule has 5 heteroatoms. The molecule has 90 valence electrons. The van der Waals surface area contributed by atoms with Crippen molar-refractivity contribution in [3.8, 4) is 5.75 Å². The quantitative estimate of drug-likeness (QED) is 0.703. The Labute approximate surface area is 95.1 Å². The van der Waals surface area contributed by atoms with E-state index in [0.29, 0.717) is 30.3 Å². The molecule has 1 rings (SSSR count). The van der Waals surface area contributed by atoms with Crippen molar-refractivity contribution in [1.82, 2.24) is 9.97 Å². The zero-order valence-corrected chi connectivity index (χ0v) is 9.68. The summed E-state index contributed by atoms with van der Waals surface area (Å²) in [6.07, 6.45) is 2.13. The molecule has 16 heavy (non-hydrogen) atoms. The summed E-state index contributed by atoms with van der Waals surface area (Å²) in [5.74, 6) is 1.40. The Hall–Kier alpha value is -1.20. The monoisotopic (exact) mass is 226 g/mol. The highest BCUT2D eigenvalue weighted by Gasteiger charge is 2.09. The lowest BCUT2D eigenvalue weighted by atomic mass is 10.2. The number of ether oxygens (including phenoxy) is 1. The Balaban J connectivity index is 2.76. The molecule has 0 amide bonds. The molecule has 0 saturated carbocycles. The molecule has 0 aliphatic carbocycles. The van der Waals surface area contributed by atoms with Crippen molar-refractivity contribution in [3.05, 3.63) is 17.7 Å². The van der Waals surface area contributed by atoms with E-state index in [0.717, 1.165) is 0 Å². The van der Waals surface area contributed by atoms with Gasteiger partial charge in [0, 0.05) is 18.9 Å². The highest BCUT2D eigenvalue weighted by Crippen LogP contribution is 2.18. The molecule has 1 aromatic heterocycles. The molecule has 2 N–H and O–H groups in total. The van der Waals surface area contributed by atoms with Gasteiger partial charge in [-0.05, 0) is 0 Å². The fraction of sp³-hybridized carbons (Fsp3) is 0.636. The molecule has 0 aliphatic rings. The molecule has 1 aromatic rings. The second kappa shape index (κ2) is 6.40. The second-order valence-electron chi connectivity index (χ2n) is 3.78. The van der Waals surface area contributed by atoms with Gasteiger partial charge in [-0.3, -0.25) is 0 Å². The number of aliphatic hydroxyl groups excluding tert-OH is 2. The van der Waals surface area contributed by atoms with Gasteiger partial charge in [0.2, 0.25) is 0 Å². The van der Waals surface area contributed by atoms with Crippen LogP contribution in [0.4, 0.5) is 0 Å². The molecule has 0 spiro atoms. The van der Waals surface area contributed by atoms with E-state index in [1.165, 1.54) is 0 Å². The summed E-state index contributed by atoms with van der Waals surface area (Å²) >= 11 is 0. The maximum Gasteiger partial charge on any atom is 0.161 e. The van der Waals surface area contributed by atoms with E-state index in [4.69, 9.17) is 14.9 Å². The molecule has 1 heterocycles. The first-order valence-electron chi connectivity index (χ1n) is 5.39. The van der Waals surface area contributed by atoms with Crippen LogP contribution < -0.4 is 4.74 Å². The van der Waals surface area contributed by atoms with Crippen molar-refractivity contribution in [2.75, 3.05) is 13.2 Å². The van der Waals surface area contributed by atoms with E-state index < -0.39 is 0 Å². The van der Waals surface area contributed by atoms with Crippen LogP contribution in [-0.4, -0.2) is 33.4 Å². The highest BCUT2D eigenvalue weighted by atomic mass is 16.5. The van der Waals surface area contributed by atoms with E-state index >= 15 is 0 Å². The normalized spacial score (nSPS) is 10.8. The molecule has 0 atom stereocenters. The van der Waals surface area contributed by atoms with Gasteiger partial charge in [-0.2, -0.15) is 0 Å². The zero-order chi connectivity index (χ0) is 12.0. The van der Waals surface area contributed by atoms with Crippen LogP contribution in [0.5, 0.6) is 5.75 Å². The third kappa shape index (κ3) is 3.43. The van der Waals surface area contributed by atoms with Crippen LogP contribution in [0, 0.1) is 0 Å². The minimum Gasteiger partial charge on any atom is -0.490 e. The van der Waals surface area contributed by atoms with Crippen molar-refractivity contribution >= 4 is 0 Å². The second-order valence-corrected chi connectivity index (χ2v) is 3.78. The highest BCUT2D eigenvalue weighted by molar-refractivity contribution is 5.24. The average molecular weight is 226 g/mol. The predicted molar refractivity (Wildman–Crippen MR) is 59.2 cm³/mol. The topological polar surface area (TPSA) is 75.5 Å². The van der Waals surface area contributed by atoms with E-state index in [9.17, 15) is 0 Å². The number of hydrogen-bond donors (Lipinski definition) is 2. The maximum atomic E-state index is 9.16. The van der Waals surface area contributed by atoms with Crippen LogP contribution >= 0.6 is 0 Å². The average Bonchev–Trinajstić information content (AvgIpc) is 2.29. The lowest BCUT2D eigenvalue weighted by Crippen LogP contribution is -2.07. The van der Waals surface area contributed by atoms with Gasteiger partial charge < -0.3 is 14.9 Å². The van der Waals surface area contributed by atoms with Gasteiger partial charge in [0.05, 0.1) is 19.4 Å². The van der Waals surface area contributed by atoms with Gasteiger partial charge in [0.15, 0.2) is 5.75 Å². The third-order valence-corrected chi connectivity index (χ3v) is 2.07. The van der Waals surface area contributed by atoms with E-state index in [1.54, 1.807) is 6.20 Å². The molecule has 0 unspecified atom stereocenters. The number of aliphatic hydroxyl groups is 2. The summed E-state index contributed by atoms with van der Waals surface area (Å²) < 4.78 is 5.36. The maximum absolute atomic E-state index is 9.16. The summed E-state index contributed by atoms with van der Waals surface area (Å²) in [7, 11) is 0. The van der Waals surface area contributed by atoms with Crippen LogP contribution in [0.25, 0.3) is 0 Å². The number of rotatable bonds is 6. The fourth-order valence-electron chi connectivity index (χ4n) is 1.18. The first-order valence-corrected chi connectivity index (χ1v) is 5.39. The standard InChI is InChI=1S/C11H18N2O3/c1-8(2)11-12-6-10(9(7-15)13-11)16-5-3-4-14/h6,8,14-15H,3-5,7H2,1-2H3. The summed E-state index contributed by atoms with van der Waals surface area (Å²) in [5.41, 5.74) is 0.497. The Kier molecular flexibility index (Phi) is 5.14. The summed E-state index contributed by atoms with van der Waals surface area (Å²) in [6.45, 7) is 4.29. The predicted octanol–water partition coefficient (Wildman–Crippen LogP) is 0.853. The third-order valence-electron chi connectivity index (χ3n) is 2.07.